The number of hydrogen-bond donors (Lipinski definition) is 3. The molecule has 110 valence electrons. The van der Waals surface area contributed by atoms with Crippen molar-refractivity contribution in [2.45, 2.75) is 26.7 Å². The lowest BCUT2D eigenvalue weighted by Gasteiger charge is -2.15. The first-order chi connectivity index (χ1) is 9.01. The summed E-state index contributed by atoms with van der Waals surface area (Å²) in [4.78, 5) is 25.1. The van der Waals surface area contributed by atoms with Gasteiger partial charge in [-0.25, -0.2) is 4.79 Å². The van der Waals surface area contributed by atoms with Crippen LogP contribution < -0.4 is 10.6 Å². The quantitative estimate of drug-likeness (QED) is 0.643. The van der Waals surface area contributed by atoms with Crippen LogP contribution in [0, 0.1) is 11.8 Å². The molecule has 0 saturated carbocycles. The summed E-state index contributed by atoms with van der Waals surface area (Å²) >= 11 is 0. The molecule has 1 saturated heterocycles. The molecule has 6 heteroatoms. The number of nitrogens with zero attached hydrogens (tertiary/aromatic N) is 1. The highest BCUT2D eigenvalue weighted by molar-refractivity contribution is 5.95. The third-order valence-electron chi connectivity index (χ3n) is 3.20. The van der Waals surface area contributed by atoms with Crippen LogP contribution in [-0.2, 0) is 4.79 Å². The Morgan fingerprint density at radius 2 is 2.16 bits per heavy atom. The van der Waals surface area contributed by atoms with Crippen molar-refractivity contribution in [2.75, 3.05) is 32.8 Å². The lowest BCUT2D eigenvalue weighted by molar-refractivity contribution is -0.120. The third-order valence-corrected chi connectivity index (χ3v) is 3.20. The number of aliphatic hydroxyl groups is 1. The number of carbonyl (C=O) groups excluding carboxylic acids is 2. The number of aliphatic hydroxyl groups excluding tert-OH is 1. The van der Waals surface area contributed by atoms with E-state index >= 15 is 0 Å². The Morgan fingerprint density at radius 1 is 1.42 bits per heavy atom. The molecule has 0 aromatic heterocycles. The highest BCUT2D eigenvalue weighted by Crippen LogP contribution is 2.18. The first-order valence-corrected chi connectivity index (χ1v) is 6.92. The SMILES string of the molecule is CC(C)CNC(=O)NC(=O)CN1CCC(CCO)C1. The van der Waals surface area contributed by atoms with Gasteiger partial charge in [-0.15, -0.1) is 0 Å². The molecule has 6 nitrogen and oxygen atoms in total. The Bertz CT molecular complexity index is 308. The van der Waals surface area contributed by atoms with E-state index in [1.54, 1.807) is 0 Å². The molecular formula is C13H25N3O3. The molecule has 0 aromatic rings. The van der Waals surface area contributed by atoms with Gasteiger partial charge in [-0.1, -0.05) is 13.8 Å². The predicted molar refractivity (Wildman–Crippen MR) is 72.6 cm³/mol. The van der Waals surface area contributed by atoms with Gasteiger partial charge in [0.1, 0.15) is 0 Å². The van der Waals surface area contributed by atoms with Gasteiger partial charge in [0.05, 0.1) is 6.54 Å². The van der Waals surface area contributed by atoms with Crippen LogP contribution in [-0.4, -0.2) is 54.7 Å². The monoisotopic (exact) mass is 271 g/mol. The molecule has 0 bridgehead atoms. The normalized spacial score (nSPS) is 19.7. The smallest absolute Gasteiger partial charge is 0.321 e. The van der Waals surface area contributed by atoms with Crippen molar-refractivity contribution in [1.29, 1.82) is 0 Å². The highest BCUT2D eigenvalue weighted by atomic mass is 16.3. The van der Waals surface area contributed by atoms with Crippen LogP contribution in [0.5, 0.6) is 0 Å². The molecule has 1 heterocycles. The lowest BCUT2D eigenvalue weighted by Crippen LogP contribution is -2.45. The number of nitrogens with one attached hydrogen (secondary N) is 2. The molecule has 0 aliphatic carbocycles. The summed E-state index contributed by atoms with van der Waals surface area (Å²) < 4.78 is 0. The summed E-state index contributed by atoms with van der Waals surface area (Å²) in [5.74, 6) is 0.553. The number of carbonyl (C=O) groups is 2. The van der Waals surface area contributed by atoms with E-state index in [1.807, 2.05) is 18.7 Å². The minimum Gasteiger partial charge on any atom is -0.396 e. The number of amides is 3. The Balaban J connectivity index is 2.19. The van der Waals surface area contributed by atoms with Crippen LogP contribution >= 0.6 is 0 Å². The molecule has 1 atom stereocenters. The van der Waals surface area contributed by atoms with E-state index < -0.39 is 6.03 Å². The molecule has 3 N–H and O–H groups in total. The number of urea groups is 1. The Morgan fingerprint density at radius 3 is 2.79 bits per heavy atom. The number of rotatable bonds is 6. The molecule has 1 rings (SSSR count). The summed E-state index contributed by atoms with van der Waals surface area (Å²) in [6.07, 6.45) is 1.79. The predicted octanol–water partition coefficient (Wildman–Crippen LogP) is 0.173. The second kappa shape index (κ2) is 8.12. The van der Waals surface area contributed by atoms with E-state index in [4.69, 9.17) is 5.11 Å². The Labute approximate surface area is 114 Å². The average molecular weight is 271 g/mol. The molecule has 1 fully saturated rings. The van der Waals surface area contributed by atoms with E-state index in [0.29, 0.717) is 18.4 Å². The van der Waals surface area contributed by atoms with Gasteiger partial charge in [0.15, 0.2) is 0 Å². The maximum absolute atomic E-state index is 11.7. The maximum atomic E-state index is 11.7. The van der Waals surface area contributed by atoms with Gasteiger partial charge in [0.2, 0.25) is 5.91 Å². The number of hydrogen-bond acceptors (Lipinski definition) is 4. The van der Waals surface area contributed by atoms with Crippen LogP contribution in [0.1, 0.15) is 26.7 Å². The fraction of sp³-hybridized carbons (Fsp3) is 0.846. The molecular weight excluding hydrogens is 246 g/mol. The van der Waals surface area contributed by atoms with Crippen molar-refractivity contribution in [3.63, 3.8) is 0 Å². The first-order valence-electron chi connectivity index (χ1n) is 6.92. The molecule has 3 amide bonds. The summed E-state index contributed by atoms with van der Waals surface area (Å²) in [5, 5.41) is 13.8. The van der Waals surface area contributed by atoms with E-state index in [9.17, 15) is 9.59 Å². The van der Waals surface area contributed by atoms with Gasteiger partial charge < -0.3 is 10.4 Å². The van der Waals surface area contributed by atoms with Crippen LogP contribution in [0.15, 0.2) is 0 Å². The topological polar surface area (TPSA) is 81.7 Å². The molecule has 1 unspecified atom stereocenters. The Hall–Kier alpha value is -1.14. The van der Waals surface area contributed by atoms with Gasteiger partial charge in [-0.3, -0.25) is 15.0 Å². The van der Waals surface area contributed by atoms with E-state index in [-0.39, 0.29) is 19.1 Å². The highest BCUT2D eigenvalue weighted by Gasteiger charge is 2.23. The largest absolute Gasteiger partial charge is 0.396 e. The zero-order chi connectivity index (χ0) is 14.3. The van der Waals surface area contributed by atoms with E-state index in [0.717, 1.165) is 25.9 Å². The summed E-state index contributed by atoms with van der Waals surface area (Å²) in [6.45, 7) is 6.66. The number of likely N-dealkylation sites (tertiary alicyclic amines) is 1. The molecule has 0 spiro atoms. The molecule has 1 aliphatic rings. The third kappa shape index (κ3) is 6.54. The van der Waals surface area contributed by atoms with Crippen molar-refractivity contribution >= 4 is 11.9 Å². The van der Waals surface area contributed by atoms with Crippen molar-refractivity contribution in [3.8, 4) is 0 Å². The van der Waals surface area contributed by atoms with Crippen molar-refractivity contribution < 1.29 is 14.7 Å². The van der Waals surface area contributed by atoms with Crippen LogP contribution in [0.3, 0.4) is 0 Å². The summed E-state index contributed by atoms with van der Waals surface area (Å²) in [7, 11) is 0. The van der Waals surface area contributed by atoms with Gasteiger partial charge >= 0.3 is 6.03 Å². The van der Waals surface area contributed by atoms with Crippen molar-refractivity contribution in [1.82, 2.24) is 15.5 Å². The van der Waals surface area contributed by atoms with Crippen LogP contribution in [0.2, 0.25) is 0 Å². The molecule has 19 heavy (non-hydrogen) atoms. The summed E-state index contributed by atoms with van der Waals surface area (Å²) in [6, 6.07) is -0.426. The Kier molecular flexibility index (Phi) is 6.80. The lowest BCUT2D eigenvalue weighted by atomic mass is 10.1. The molecule has 0 radical (unpaired) electrons. The van der Waals surface area contributed by atoms with Crippen LogP contribution in [0.25, 0.3) is 0 Å². The maximum Gasteiger partial charge on any atom is 0.321 e. The average Bonchev–Trinajstić information content (AvgIpc) is 2.74. The van der Waals surface area contributed by atoms with E-state index in [2.05, 4.69) is 10.6 Å². The fourth-order valence-corrected chi connectivity index (χ4v) is 2.18. The van der Waals surface area contributed by atoms with E-state index in [1.165, 1.54) is 0 Å². The van der Waals surface area contributed by atoms with Gasteiger partial charge in [0.25, 0.3) is 0 Å². The second-order valence-electron chi connectivity index (χ2n) is 5.55. The zero-order valence-electron chi connectivity index (χ0n) is 11.8. The molecule has 1 aliphatic heterocycles. The standard InChI is InChI=1S/C13H25N3O3/c1-10(2)7-14-13(19)15-12(18)9-16-5-3-11(8-16)4-6-17/h10-11,17H,3-9H2,1-2H3,(H2,14,15,18,19). The minimum atomic E-state index is -0.426. The first kappa shape index (κ1) is 15.9. The second-order valence-corrected chi connectivity index (χ2v) is 5.55. The zero-order valence-corrected chi connectivity index (χ0v) is 11.8. The van der Waals surface area contributed by atoms with Gasteiger partial charge in [-0.05, 0) is 31.2 Å². The van der Waals surface area contributed by atoms with Gasteiger partial charge in [0, 0.05) is 19.7 Å². The fourth-order valence-electron chi connectivity index (χ4n) is 2.18. The number of imide groups is 1. The van der Waals surface area contributed by atoms with Crippen molar-refractivity contribution in [2.24, 2.45) is 11.8 Å². The summed E-state index contributed by atoms with van der Waals surface area (Å²) in [5.41, 5.74) is 0. The van der Waals surface area contributed by atoms with Crippen LogP contribution in [0.4, 0.5) is 4.79 Å². The van der Waals surface area contributed by atoms with Gasteiger partial charge in [-0.2, -0.15) is 0 Å². The molecule has 0 aromatic carbocycles. The minimum absolute atomic E-state index is 0.197. The van der Waals surface area contributed by atoms with Crippen molar-refractivity contribution in [3.05, 3.63) is 0 Å².